The predicted molar refractivity (Wildman–Crippen MR) is 111 cm³/mol. The van der Waals surface area contributed by atoms with Crippen LogP contribution in [0.5, 0.6) is 5.75 Å². The van der Waals surface area contributed by atoms with E-state index in [1.807, 2.05) is 54.6 Å². The van der Waals surface area contributed by atoms with Crippen LogP contribution in [0.4, 0.5) is 10.1 Å². The standard InChI is InChI=1S/C24H21FN2O2/c1-3-24(28)27(21-13-18(15-26)12-20(25)14-21)16-17-8-10-19(11-9-17)22-6-4-5-7-23(22)29-2/h4-14H,3,16H2,1-2H3. The minimum absolute atomic E-state index is 0.145. The van der Waals surface area contributed by atoms with Crippen molar-refractivity contribution in [1.82, 2.24) is 0 Å². The van der Waals surface area contributed by atoms with E-state index in [9.17, 15) is 9.18 Å². The van der Waals surface area contributed by atoms with Gasteiger partial charge in [0.15, 0.2) is 0 Å². The summed E-state index contributed by atoms with van der Waals surface area (Å²) in [5.74, 6) is 0.0969. The molecule has 0 heterocycles. The van der Waals surface area contributed by atoms with Crippen LogP contribution in [0.2, 0.25) is 0 Å². The lowest BCUT2D eigenvalue weighted by Gasteiger charge is -2.23. The first kappa shape index (κ1) is 20.1. The van der Waals surface area contributed by atoms with Crippen LogP contribution in [-0.2, 0) is 11.3 Å². The van der Waals surface area contributed by atoms with E-state index in [4.69, 9.17) is 10.00 Å². The van der Waals surface area contributed by atoms with Gasteiger partial charge in [-0.25, -0.2) is 4.39 Å². The summed E-state index contributed by atoms with van der Waals surface area (Å²) in [5, 5.41) is 9.10. The van der Waals surface area contributed by atoms with Crippen LogP contribution in [0.25, 0.3) is 11.1 Å². The maximum atomic E-state index is 13.9. The molecule has 146 valence electrons. The summed E-state index contributed by atoms with van der Waals surface area (Å²) in [7, 11) is 1.63. The lowest BCUT2D eigenvalue weighted by atomic mass is 10.0. The number of carbonyl (C=O) groups is 1. The first-order valence-electron chi connectivity index (χ1n) is 9.29. The summed E-state index contributed by atoms with van der Waals surface area (Å²) in [5.41, 5.74) is 3.43. The van der Waals surface area contributed by atoms with Crippen molar-refractivity contribution in [3.63, 3.8) is 0 Å². The lowest BCUT2D eigenvalue weighted by Crippen LogP contribution is -2.29. The second kappa shape index (κ2) is 9.03. The maximum Gasteiger partial charge on any atom is 0.227 e. The van der Waals surface area contributed by atoms with Gasteiger partial charge >= 0.3 is 0 Å². The topological polar surface area (TPSA) is 53.3 Å². The van der Waals surface area contributed by atoms with Crippen LogP contribution in [0, 0.1) is 17.1 Å². The molecule has 0 spiro atoms. The van der Waals surface area contributed by atoms with Crippen molar-refractivity contribution in [3.8, 4) is 22.9 Å². The second-order valence-corrected chi connectivity index (χ2v) is 6.54. The Morgan fingerprint density at radius 1 is 1.10 bits per heavy atom. The molecular formula is C24H21FN2O2. The zero-order valence-electron chi connectivity index (χ0n) is 16.4. The van der Waals surface area contributed by atoms with Gasteiger partial charge < -0.3 is 9.64 Å². The van der Waals surface area contributed by atoms with E-state index in [0.29, 0.717) is 5.69 Å². The molecule has 0 saturated heterocycles. The monoisotopic (exact) mass is 388 g/mol. The molecule has 0 aliphatic carbocycles. The van der Waals surface area contributed by atoms with Gasteiger partial charge in [0.1, 0.15) is 11.6 Å². The molecule has 0 saturated carbocycles. The molecule has 3 aromatic rings. The number of benzene rings is 3. The van der Waals surface area contributed by atoms with E-state index in [2.05, 4.69) is 0 Å². The van der Waals surface area contributed by atoms with Gasteiger partial charge in [-0.15, -0.1) is 0 Å². The molecule has 0 unspecified atom stereocenters. The van der Waals surface area contributed by atoms with Gasteiger partial charge in [0.2, 0.25) is 5.91 Å². The predicted octanol–water partition coefficient (Wildman–Crippen LogP) is 5.32. The molecule has 29 heavy (non-hydrogen) atoms. The fraction of sp³-hybridized carbons (Fsp3) is 0.167. The number of anilines is 1. The zero-order valence-corrected chi connectivity index (χ0v) is 16.4. The molecule has 0 N–H and O–H groups in total. The number of hydrogen-bond donors (Lipinski definition) is 0. The van der Waals surface area contributed by atoms with Gasteiger partial charge in [-0.1, -0.05) is 49.4 Å². The fourth-order valence-electron chi connectivity index (χ4n) is 3.16. The Labute approximate surface area is 169 Å². The summed E-state index contributed by atoms with van der Waals surface area (Å²) < 4.78 is 19.3. The smallest absolute Gasteiger partial charge is 0.227 e. The summed E-state index contributed by atoms with van der Waals surface area (Å²) in [6.45, 7) is 2.04. The molecule has 0 aliphatic heterocycles. The van der Waals surface area contributed by atoms with E-state index < -0.39 is 5.82 Å². The molecule has 4 nitrogen and oxygen atoms in total. The van der Waals surface area contributed by atoms with Crippen molar-refractivity contribution in [2.24, 2.45) is 0 Å². The number of methoxy groups -OCH3 is 1. The number of para-hydroxylation sites is 1. The fourth-order valence-corrected chi connectivity index (χ4v) is 3.16. The largest absolute Gasteiger partial charge is 0.496 e. The molecule has 0 fully saturated rings. The van der Waals surface area contributed by atoms with Crippen LogP contribution in [0.3, 0.4) is 0 Å². The van der Waals surface area contributed by atoms with E-state index in [1.165, 1.54) is 17.0 Å². The minimum Gasteiger partial charge on any atom is -0.496 e. The van der Waals surface area contributed by atoms with Gasteiger partial charge in [0.25, 0.3) is 0 Å². The average Bonchev–Trinajstić information content (AvgIpc) is 2.76. The summed E-state index contributed by atoms with van der Waals surface area (Å²) >= 11 is 0. The summed E-state index contributed by atoms with van der Waals surface area (Å²) in [6.07, 6.45) is 0.275. The van der Waals surface area contributed by atoms with Gasteiger partial charge in [-0.3, -0.25) is 4.79 Å². The number of ether oxygens (including phenoxy) is 1. The van der Waals surface area contributed by atoms with E-state index in [0.717, 1.165) is 28.5 Å². The van der Waals surface area contributed by atoms with Gasteiger partial charge in [0.05, 0.1) is 25.3 Å². The molecule has 0 aliphatic rings. The highest BCUT2D eigenvalue weighted by molar-refractivity contribution is 5.93. The number of halogens is 1. The first-order chi connectivity index (χ1) is 14.0. The Balaban J connectivity index is 1.90. The average molecular weight is 388 g/mol. The second-order valence-electron chi connectivity index (χ2n) is 6.54. The highest BCUT2D eigenvalue weighted by Gasteiger charge is 2.17. The summed E-state index contributed by atoms with van der Waals surface area (Å²) in [4.78, 5) is 14.0. The normalized spacial score (nSPS) is 10.3. The van der Waals surface area contributed by atoms with Crippen molar-refractivity contribution >= 4 is 11.6 Å². The van der Waals surface area contributed by atoms with Crippen molar-refractivity contribution < 1.29 is 13.9 Å². The van der Waals surface area contributed by atoms with Crippen molar-refractivity contribution in [1.29, 1.82) is 5.26 Å². The SMILES string of the molecule is CCC(=O)N(Cc1ccc(-c2ccccc2OC)cc1)c1cc(F)cc(C#N)c1. The Hall–Kier alpha value is -3.65. The van der Waals surface area contributed by atoms with E-state index >= 15 is 0 Å². The molecule has 0 atom stereocenters. The van der Waals surface area contributed by atoms with E-state index in [1.54, 1.807) is 14.0 Å². The van der Waals surface area contributed by atoms with Crippen molar-refractivity contribution in [2.45, 2.75) is 19.9 Å². The molecule has 0 bridgehead atoms. The molecule has 0 aromatic heterocycles. The van der Waals surface area contributed by atoms with Gasteiger partial charge in [0, 0.05) is 17.7 Å². The maximum absolute atomic E-state index is 13.9. The van der Waals surface area contributed by atoms with Gasteiger partial charge in [-0.2, -0.15) is 5.26 Å². The molecule has 1 amide bonds. The lowest BCUT2D eigenvalue weighted by molar-refractivity contribution is -0.118. The first-order valence-corrected chi connectivity index (χ1v) is 9.29. The van der Waals surface area contributed by atoms with Crippen LogP contribution in [0.1, 0.15) is 24.5 Å². The third-order valence-electron chi connectivity index (χ3n) is 4.64. The number of nitrogens with zero attached hydrogens (tertiary/aromatic N) is 2. The summed E-state index contributed by atoms with van der Waals surface area (Å²) in [6, 6.07) is 21.4. The third-order valence-corrected chi connectivity index (χ3v) is 4.64. The van der Waals surface area contributed by atoms with E-state index in [-0.39, 0.29) is 24.4 Å². The molecule has 3 rings (SSSR count). The number of nitriles is 1. The van der Waals surface area contributed by atoms with Crippen LogP contribution >= 0.6 is 0 Å². The van der Waals surface area contributed by atoms with Crippen LogP contribution in [-0.4, -0.2) is 13.0 Å². The highest BCUT2D eigenvalue weighted by atomic mass is 19.1. The van der Waals surface area contributed by atoms with Crippen molar-refractivity contribution in [2.75, 3.05) is 12.0 Å². The molecular weight excluding hydrogens is 367 g/mol. The Morgan fingerprint density at radius 3 is 2.48 bits per heavy atom. The number of hydrogen-bond acceptors (Lipinski definition) is 3. The third kappa shape index (κ3) is 4.61. The number of rotatable bonds is 6. The zero-order chi connectivity index (χ0) is 20.8. The van der Waals surface area contributed by atoms with Crippen LogP contribution < -0.4 is 9.64 Å². The molecule has 0 radical (unpaired) electrons. The number of amides is 1. The number of carbonyl (C=O) groups excluding carboxylic acids is 1. The Morgan fingerprint density at radius 2 is 1.83 bits per heavy atom. The highest BCUT2D eigenvalue weighted by Crippen LogP contribution is 2.30. The van der Waals surface area contributed by atoms with Crippen molar-refractivity contribution in [3.05, 3.63) is 83.7 Å². The Kier molecular flexibility index (Phi) is 6.25. The van der Waals surface area contributed by atoms with Gasteiger partial charge in [-0.05, 0) is 35.4 Å². The molecule has 5 heteroatoms. The minimum atomic E-state index is -0.542. The Bertz CT molecular complexity index is 1060. The quantitative estimate of drug-likeness (QED) is 0.575. The molecule has 3 aromatic carbocycles. The van der Waals surface area contributed by atoms with Crippen LogP contribution in [0.15, 0.2) is 66.7 Å².